The Hall–Kier alpha value is -3.35. The first-order chi connectivity index (χ1) is 14.4. The highest BCUT2D eigenvalue weighted by Gasteiger charge is 2.09. The van der Waals surface area contributed by atoms with Gasteiger partial charge in [0.2, 0.25) is 11.8 Å². The van der Waals surface area contributed by atoms with Crippen LogP contribution in [0.15, 0.2) is 47.6 Å². The third kappa shape index (κ3) is 7.58. The topological polar surface area (TPSA) is 89.0 Å². The maximum atomic E-state index is 12.0. The highest BCUT2D eigenvalue weighted by molar-refractivity contribution is 5.94. The van der Waals surface area contributed by atoms with Gasteiger partial charge in [0, 0.05) is 18.5 Å². The maximum absolute atomic E-state index is 12.0. The highest BCUT2D eigenvalue weighted by Crippen LogP contribution is 2.28. The van der Waals surface area contributed by atoms with Gasteiger partial charge >= 0.3 is 0 Å². The molecule has 0 atom stereocenters. The molecule has 0 unspecified atom stereocenters. The lowest BCUT2D eigenvalue weighted by Gasteiger charge is -2.14. The van der Waals surface area contributed by atoms with Gasteiger partial charge in [0.05, 0.1) is 18.9 Å². The Morgan fingerprint density at radius 2 is 1.80 bits per heavy atom. The van der Waals surface area contributed by atoms with E-state index in [2.05, 4.69) is 15.8 Å². The first-order valence-electron chi connectivity index (χ1n) is 10.00. The van der Waals surface area contributed by atoms with Crippen LogP contribution in [0.3, 0.4) is 0 Å². The number of ether oxygens (including phenoxy) is 2. The standard InChI is InChI=1S/C23H29N3O4/c1-5-29-21-14-18(10-11-20(21)30-16(2)3)15-24-26-23(28)13-12-22(27)25-19-9-7-6-8-17(19)4/h6-11,14-16H,5,12-13H2,1-4H3,(H,25,27)(H,26,28). The normalized spacial score (nSPS) is 10.8. The molecule has 2 rings (SSSR count). The Balaban J connectivity index is 1.84. The molecule has 0 saturated heterocycles. The summed E-state index contributed by atoms with van der Waals surface area (Å²) in [6.07, 6.45) is 1.67. The van der Waals surface area contributed by atoms with E-state index in [1.54, 1.807) is 6.07 Å². The third-order valence-electron chi connectivity index (χ3n) is 4.03. The second kappa shape index (κ2) is 11.6. The molecule has 7 nitrogen and oxygen atoms in total. The number of rotatable bonds is 10. The van der Waals surface area contributed by atoms with Crippen molar-refractivity contribution in [3.05, 3.63) is 53.6 Å². The molecule has 0 aliphatic carbocycles. The Morgan fingerprint density at radius 3 is 2.50 bits per heavy atom. The predicted molar refractivity (Wildman–Crippen MR) is 118 cm³/mol. The number of amides is 2. The molecule has 2 N–H and O–H groups in total. The van der Waals surface area contributed by atoms with Crippen LogP contribution in [0.5, 0.6) is 11.5 Å². The molecule has 7 heteroatoms. The second-order valence-electron chi connectivity index (χ2n) is 6.96. The van der Waals surface area contributed by atoms with Gasteiger partial charge in [-0.3, -0.25) is 9.59 Å². The zero-order chi connectivity index (χ0) is 21.9. The van der Waals surface area contributed by atoms with E-state index in [4.69, 9.17) is 9.47 Å². The number of nitrogens with zero attached hydrogens (tertiary/aromatic N) is 1. The van der Waals surface area contributed by atoms with E-state index in [1.165, 1.54) is 6.21 Å². The maximum Gasteiger partial charge on any atom is 0.240 e. The van der Waals surface area contributed by atoms with E-state index in [0.717, 1.165) is 16.8 Å². The fraction of sp³-hybridized carbons (Fsp3) is 0.348. The van der Waals surface area contributed by atoms with Crippen molar-refractivity contribution >= 4 is 23.7 Å². The molecular weight excluding hydrogens is 382 g/mol. The van der Waals surface area contributed by atoms with E-state index in [9.17, 15) is 9.59 Å². The fourth-order valence-electron chi connectivity index (χ4n) is 2.61. The molecule has 160 valence electrons. The molecule has 0 saturated carbocycles. The highest BCUT2D eigenvalue weighted by atomic mass is 16.5. The van der Waals surface area contributed by atoms with Gasteiger partial charge in [-0.25, -0.2) is 5.43 Å². The lowest BCUT2D eigenvalue weighted by Crippen LogP contribution is -2.20. The Kier molecular flexibility index (Phi) is 8.87. The molecular formula is C23H29N3O4. The molecule has 2 aromatic carbocycles. The van der Waals surface area contributed by atoms with E-state index in [0.29, 0.717) is 18.1 Å². The predicted octanol–water partition coefficient (Wildman–Crippen LogP) is 4.05. The largest absolute Gasteiger partial charge is 0.490 e. The first-order valence-corrected chi connectivity index (χ1v) is 10.00. The monoisotopic (exact) mass is 411 g/mol. The number of hydrogen-bond donors (Lipinski definition) is 2. The Morgan fingerprint density at radius 1 is 1.07 bits per heavy atom. The van der Waals surface area contributed by atoms with Gasteiger partial charge < -0.3 is 14.8 Å². The minimum atomic E-state index is -0.337. The minimum absolute atomic E-state index is 0.0333. The van der Waals surface area contributed by atoms with Crippen LogP contribution in [-0.4, -0.2) is 30.7 Å². The third-order valence-corrected chi connectivity index (χ3v) is 4.03. The number of carbonyl (C=O) groups is 2. The van der Waals surface area contributed by atoms with Crippen LogP contribution >= 0.6 is 0 Å². The van der Waals surface area contributed by atoms with Crippen LogP contribution < -0.4 is 20.2 Å². The molecule has 0 aromatic heterocycles. The summed E-state index contributed by atoms with van der Waals surface area (Å²) in [4.78, 5) is 24.0. The lowest BCUT2D eigenvalue weighted by molar-refractivity contribution is -0.124. The molecule has 0 aliphatic heterocycles. The average molecular weight is 412 g/mol. The number of anilines is 1. The van der Waals surface area contributed by atoms with E-state index in [1.807, 2.05) is 64.1 Å². The molecule has 30 heavy (non-hydrogen) atoms. The van der Waals surface area contributed by atoms with Crippen molar-refractivity contribution in [1.29, 1.82) is 0 Å². The molecule has 0 fully saturated rings. The number of benzene rings is 2. The lowest BCUT2D eigenvalue weighted by atomic mass is 10.2. The smallest absolute Gasteiger partial charge is 0.240 e. The summed E-state index contributed by atoms with van der Waals surface area (Å²) in [6.45, 7) is 8.21. The minimum Gasteiger partial charge on any atom is -0.490 e. The zero-order valence-electron chi connectivity index (χ0n) is 17.9. The Bertz CT molecular complexity index is 894. The second-order valence-corrected chi connectivity index (χ2v) is 6.96. The van der Waals surface area contributed by atoms with Gasteiger partial charge in [-0.2, -0.15) is 5.10 Å². The summed E-state index contributed by atoms with van der Waals surface area (Å²) < 4.78 is 11.3. The molecule has 0 heterocycles. The SMILES string of the molecule is CCOc1cc(C=NNC(=O)CCC(=O)Nc2ccccc2C)ccc1OC(C)C. The van der Waals surface area contributed by atoms with Crippen molar-refractivity contribution in [1.82, 2.24) is 5.43 Å². The molecule has 2 aromatic rings. The Labute approximate surface area is 177 Å². The zero-order valence-corrected chi connectivity index (χ0v) is 17.9. The number of nitrogens with one attached hydrogen (secondary N) is 2. The van der Waals surface area contributed by atoms with Crippen LogP contribution in [0.25, 0.3) is 0 Å². The average Bonchev–Trinajstić information content (AvgIpc) is 2.70. The van der Waals surface area contributed by atoms with E-state index >= 15 is 0 Å². The van der Waals surface area contributed by atoms with Crippen molar-refractivity contribution in [2.45, 2.75) is 46.6 Å². The molecule has 0 radical (unpaired) electrons. The van der Waals surface area contributed by atoms with Crippen LogP contribution in [0.1, 0.15) is 44.7 Å². The van der Waals surface area contributed by atoms with Crippen molar-refractivity contribution < 1.29 is 19.1 Å². The number of hydrogen-bond acceptors (Lipinski definition) is 5. The summed E-state index contributed by atoms with van der Waals surface area (Å²) in [7, 11) is 0. The summed E-state index contributed by atoms with van der Waals surface area (Å²) in [5.41, 5.74) is 4.91. The van der Waals surface area contributed by atoms with Crippen molar-refractivity contribution in [3.63, 3.8) is 0 Å². The van der Waals surface area contributed by atoms with Crippen LogP contribution in [-0.2, 0) is 9.59 Å². The van der Waals surface area contributed by atoms with Gasteiger partial charge in [-0.05, 0) is 63.1 Å². The first kappa shape index (κ1) is 22.9. The van der Waals surface area contributed by atoms with Crippen LogP contribution in [0.4, 0.5) is 5.69 Å². The summed E-state index contributed by atoms with van der Waals surface area (Å²) in [5, 5.41) is 6.76. The number of aryl methyl sites for hydroxylation is 1. The van der Waals surface area contributed by atoms with Crippen LogP contribution in [0.2, 0.25) is 0 Å². The number of para-hydroxylation sites is 1. The quantitative estimate of drug-likeness (QED) is 0.456. The molecule has 0 bridgehead atoms. The molecule has 0 aliphatic rings. The van der Waals surface area contributed by atoms with Crippen LogP contribution in [0, 0.1) is 6.92 Å². The van der Waals surface area contributed by atoms with Crippen molar-refractivity contribution in [3.8, 4) is 11.5 Å². The summed E-state index contributed by atoms with van der Waals surface area (Å²) in [6, 6.07) is 12.9. The van der Waals surface area contributed by atoms with Gasteiger partial charge in [-0.1, -0.05) is 18.2 Å². The van der Waals surface area contributed by atoms with E-state index in [-0.39, 0.29) is 30.8 Å². The fourth-order valence-corrected chi connectivity index (χ4v) is 2.61. The number of carbonyl (C=O) groups excluding carboxylic acids is 2. The van der Waals surface area contributed by atoms with Crippen molar-refractivity contribution in [2.24, 2.45) is 5.10 Å². The van der Waals surface area contributed by atoms with Gasteiger partial charge in [0.25, 0.3) is 0 Å². The number of hydrazone groups is 1. The van der Waals surface area contributed by atoms with Gasteiger partial charge in [0.15, 0.2) is 11.5 Å². The molecule has 0 spiro atoms. The van der Waals surface area contributed by atoms with Gasteiger partial charge in [0.1, 0.15) is 0 Å². The summed E-state index contributed by atoms with van der Waals surface area (Å²) >= 11 is 0. The van der Waals surface area contributed by atoms with Crippen molar-refractivity contribution in [2.75, 3.05) is 11.9 Å². The van der Waals surface area contributed by atoms with E-state index < -0.39 is 0 Å². The summed E-state index contributed by atoms with van der Waals surface area (Å²) in [5.74, 6) is 0.726. The van der Waals surface area contributed by atoms with Gasteiger partial charge in [-0.15, -0.1) is 0 Å². The molecule has 2 amide bonds.